The highest BCUT2D eigenvalue weighted by atomic mass is 16.5. The minimum Gasteiger partial charge on any atom is -0.507 e. The monoisotopic (exact) mass is 416 g/mol. The van der Waals surface area contributed by atoms with Gasteiger partial charge in [0.25, 0.3) is 11.8 Å². The Morgan fingerprint density at radius 1 is 1.00 bits per heavy atom. The Kier molecular flexibility index (Phi) is 5.53. The molecule has 8 nitrogen and oxygen atoms in total. The molecule has 3 N–H and O–H groups in total. The number of carbonyl (C=O) groups excluding carboxylic acids is 2. The summed E-state index contributed by atoms with van der Waals surface area (Å²) in [4.78, 5) is 28.9. The highest BCUT2D eigenvalue weighted by molar-refractivity contribution is 6.00. The summed E-state index contributed by atoms with van der Waals surface area (Å²) in [6.07, 6.45) is 3.85. The van der Waals surface area contributed by atoms with Crippen molar-refractivity contribution in [1.29, 1.82) is 0 Å². The molecule has 2 heterocycles. The van der Waals surface area contributed by atoms with Gasteiger partial charge in [0.15, 0.2) is 0 Å². The van der Waals surface area contributed by atoms with Gasteiger partial charge >= 0.3 is 0 Å². The first-order chi connectivity index (χ1) is 15.0. The minimum atomic E-state index is -0.617. The van der Waals surface area contributed by atoms with Crippen molar-refractivity contribution in [3.63, 3.8) is 0 Å². The first-order valence-electron chi connectivity index (χ1n) is 9.56. The lowest BCUT2D eigenvalue weighted by Gasteiger charge is -2.09. The standard InChI is InChI=1S/C23H20N4O4/c1-15-5-4-12-27-13-17(24-21(15)27)14-31-18-10-8-16(9-11-18)22(29)25-26-23(30)19-6-2-3-7-20(19)28/h2-13,28H,14H2,1H3,(H,25,29)(H,26,30). The summed E-state index contributed by atoms with van der Waals surface area (Å²) in [5.74, 6) is -0.694. The Balaban J connectivity index is 1.33. The number of fused-ring (bicyclic) bond motifs is 1. The van der Waals surface area contributed by atoms with E-state index in [1.54, 1.807) is 36.4 Å². The molecule has 8 heteroatoms. The number of ether oxygens (including phenoxy) is 1. The normalized spacial score (nSPS) is 10.6. The summed E-state index contributed by atoms with van der Waals surface area (Å²) < 4.78 is 7.71. The maximum Gasteiger partial charge on any atom is 0.273 e. The van der Waals surface area contributed by atoms with Crippen molar-refractivity contribution in [1.82, 2.24) is 20.2 Å². The van der Waals surface area contributed by atoms with E-state index < -0.39 is 11.8 Å². The number of rotatable bonds is 5. The number of amides is 2. The third-order valence-corrected chi connectivity index (χ3v) is 4.67. The molecule has 0 aliphatic carbocycles. The molecule has 2 aromatic heterocycles. The Labute approximate surface area is 178 Å². The predicted octanol–water partition coefficient (Wildman–Crippen LogP) is 3.00. The summed E-state index contributed by atoms with van der Waals surface area (Å²) in [6, 6.07) is 16.5. The molecular formula is C23H20N4O4. The Morgan fingerprint density at radius 2 is 1.74 bits per heavy atom. The minimum absolute atomic E-state index is 0.0636. The van der Waals surface area contributed by atoms with Gasteiger partial charge in [-0.3, -0.25) is 20.4 Å². The Morgan fingerprint density at radius 3 is 2.48 bits per heavy atom. The molecular weight excluding hydrogens is 396 g/mol. The number of phenols is 1. The van der Waals surface area contributed by atoms with Crippen LogP contribution in [-0.2, 0) is 6.61 Å². The molecule has 0 radical (unpaired) electrons. The van der Waals surface area contributed by atoms with Crippen molar-refractivity contribution in [2.24, 2.45) is 0 Å². The van der Waals surface area contributed by atoms with E-state index in [-0.39, 0.29) is 11.3 Å². The number of benzene rings is 2. The summed E-state index contributed by atoms with van der Waals surface area (Å²) in [5.41, 5.74) is 7.76. The number of pyridine rings is 1. The quantitative estimate of drug-likeness (QED) is 0.434. The molecule has 0 bridgehead atoms. The van der Waals surface area contributed by atoms with E-state index in [0.717, 1.165) is 16.9 Å². The van der Waals surface area contributed by atoms with E-state index in [4.69, 9.17) is 4.74 Å². The Bertz CT molecular complexity index is 1250. The molecule has 156 valence electrons. The van der Waals surface area contributed by atoms with Gasteiger partial charge in [-0.25, -0.2) is 4.98 Å². The van der Waals surface area contributed by atoms with Crippen LogP contribution >= 0.6 is 0 Å². The molecule has 0 atom stereocenters. The molecule has 0 saturated heterocycles. The van der Waals surface area contributed by atoms with Gasteiger partial charge < -0.3 is 14.2 Å². The lowest BCUT2D eigenvalue weighted by molar-refractivity contribution is 0.0845. The summed E-state index contributed by atoms with van der Waals surface area (Å²) in [7, 11) is 0. The van der Waals surface area contributed by atoms with E-state index in [0.29, 0.717) is 17.9 Å². The van der Waals surface area contributed by atoms with Gasteiger partial charge in [0.2, 0.25) is 0 Å². The van der Waals surface area contributed by atoms with Crippen molar-refractivity contribution < 1.29 is 19.4 Å². The number of aryl methyl sites for hydroxylation is 1. The molecule has 2 amide bonds. The van der Waals surface area contributed by atoms with E-state index in [9.17, 15) is 14.7 Å². The zero-order chi connectivity index (χ0) is 21.8. The van der Waals surface area contributed by atoms with Crippen molar-refractivity contribution in [2.45, 2.75) is 13.5 Å². The lowest BCUT2D eigenvalue weighted by Crippen LogP contribution is -2.41. The second kappa shape index (κ2) is 8.58. The lowest BCUT2D eigenvalue weighted by atomic mass is 10.2. The number of aromatic hydroxyl groups is 1. The largest absolute Gasteiger partial charge is 0.507 e. The first kappa shape index (κ1) is 20.0. The zero-order valence-electron chi connectivity index (χ0n) is 16.7. The fourth-order valence-corrected chi connectivity index (χ4v) is 3.05. The maximum atomic E-state index is 12.2. The van der Waals surface area contributed by atoms with E-state index in [1.165, 1.54) is 12.1 Å². The molecule has 2 aromatic carbocycles. The van der Waals surface area contributed by atoms with E-state index in [1.807, 2.05) is 35.9 Å². The number of hydrazine groups is 1. The number of para-hydroxylation sites is 1. The fourth-order valence-electron chi connectivity index (χ4n) is 3.05. The zero-order valence-corrected chi connectivity index (χ0v) is 16.7. The molecule has 0 saturated carbocycles. The fraction of sp³-hybridized carbons (Fsp3) is 0.0870. The van der Waals surface area contributed by atoms with Gasteiger partial charge in [0.1, 0.15) is 23.8 Å². The van der Waals surface area contributed by atoms with Gasteiger partial charge in [-0.15, -0.1) is 0 Å². The average molecular weight is 416 g/mol. The third kappa shape index (κ3) is 4.48. The van der Waals surface area contributed by atoms with Crippen molar-refractivity contribution >= 4 is 17.5 Å². The van der Waals surface area contributed by atoms with Crippen LogP contribution in [-0.4, -0.2) is 26.3 Å². The Hall–Kier alpha value is -4.33. The predicted molar refractivity (Wildman–Crippen MR) is 114 cm³/mol. The molecule has 0 spiro atoms. The number of aromatic nitrogens is 2. The number of hydrogen-bond acceptors (Lipinski definition) is 5. The number of nitrogens with one attached hydrogen (secondary N) is 2. The van der Waals surface area contributed by atoms with Crippen LogP contribution in [0.1, 0.15) is 32.0 Å². The number of hydrogen-bond donors (Lipinski definition) is 3. The van der Waals surface area contributed by atoms with Crippen LogP contribution in [0.3, 0.4) is 0 Å². The molecule has 4 aromatic rings. The van der Waals surface area contributed by atoms with E-state index >= 15 is 0 Å². The molecule has 31 heavy (non-hydrogen) atoms. The summed E-state index contributed by atoms with van der Waals surface area (Å²) >= 11 is 0. The third-order valence-electron chi connectivity index (χ3n) is 4.67. The molecule has 0 aliphatic heterocycles. The maximum absolute atomic E-state index is 12.2. The topological polar surface area (TPSA) is 105 Å². The van der Waals surface area contributed by atoms with Crippen LogP contribution in [0.25, 0.3) is 5.65 Å². The van der Waals surface area contributed by atoms with Gasteiger partial charge in [0.05, 0.1) is 11.3 Å². The van der Waals surface area contributed by atoms with Crippen LogP contribution in [0.2, 0.25) is 0 Å². The smallest absolute Gasteiger partial charge is 0.273 e. The summed E-state index contributed by atoms with van der Waals surface area (Å²) in [5, 5.41) is 9.69. The molecule has 0 fully saturated rings. The van der Waals surface area contributed by atoms with Gasteiger partial charge in [-0.05, 0) is 55.0 Å². The number of nitrogens with zero attached hydrogens (tertiary/aromatic N) is 2. The van der Waals surface area contributed by atoms with Crippen LogP contribution < -0.4 is 15.6 Å². The van der Waals surface area contributed by atoms with Crippen molar-refractivity contribution in [3.05, 3.63) is 95.4 Å². The van der Waals surface area contributed by atoms with Gasteiger partial charge in [0, 0.05) is 18.0 Å². The molecule has 0 unspecified atom stereocenters. The average Bonchev–Trinajstić information content (AvgIpc) is 3.21. The van der Waals surface area contributed by atoms with Gasteiger partial charge in [-0.1, -0.05) is 18.2 Å². The first-order valence-corrected chi connectivity index (χ1v) is 9.56. The van der Waals surface area contributed by atoms with Crippen LogP contribution in [0.4, 0.5) is 0 Å². The SMILES string of the molecule is Cc1cccn2cc(COc3ccc(C(=O)NNC(=O)c4ccccc4O)cc3)nc12. The van der Waals surface area contributed by atoms with Gasteiger partial charge in [-0.2, -0.15) is 0 Å². The van der Waals surface area contributed by atoms with Crippen molar-refractivity contribution in [3.8, 4) is 11.5 Å². The number of carbonyl (C=O) groups is 2. The molecule has 0 aliphatic rings. The number of phenolic OH excluding ortho intramolecular Hbond substituents is 1. The second-order valence-corrected chi connectivity index (χ2v) is 6.89. The highest BCUT2D eigenvalue weighted by Crippen LogP contribution is 2.16. The van der Waals surface area contributed by atoms with Crippen LogP contribution in [0, 0.1) is 6.92 Å². The second-order valence-electron chi connectivity index (χ2n) is 6.89. The molecule has 4 rings (SSSR count). The van der Waals surface area contributed by atoms with Crippen LogP contribution in [0.15, 0.2) is 73.1 Å². The number of imidazole rings is 1. The summed E-state index contributed by atoms with van der Waals surface area (Å²) in [6.45, 7) is 2.30. The van der Waals surface area contributed by atoms with Crippen LogP contribution in [0.5, 0.6) is 11.5 Å². The highest BCUT2D eigenvalue weighted by Gasteiger charge is 2.12. The van der Waals surface area contributed by atoms with Crippen molar-refractivity contribution in [2.75, 3.05) is 0 Å². The van der Waals surface area contributed by atoms with E-state index in [2.05, 4.69) is 15.8 Å².